The lowest BCUT2D eigenvalue weighted by Crippen LogP contribution is -2.12. The highest BCUT2D eigenvalue weighted by atomic mass is 32.2. The Morgan fingerprint density at radius 3 is 3.17 bits per heavy atom. The van der Waals surface area contributed by atoms with Crippen LogP contribution in [0.15, 0.2) is 12.3 Å². The number of hydrogen-bond donors (Lipinski definition) is 1. The van der Waals surface area contributed by atoms with E-state index in [9.17, 15) is 0 Å². The number of nitrogens with zero attached hydrogens (tertiary/aromatic N) is 3. The molecule has 0 spiro atoms. The third-order valence-corrected chi connectivity index (χ3v) is 5.47. The fourth-order valence-electron chi connectivity index (χ4n) is 2.17. The SMILES string of the molecule is Cn1cc(CC(N)c2cc3c(s2)CCSC3)nn1. The van der Waals surface area contributed by atoms with Crippen LogP contribution in [0.25, 0.3) is 0 Å². The van der Waals surface area contributed by atoms with Gasteiger partial charge in [-0.15, -0.1) is 16.4 Å². The Morgan fingerprint density at radius 2 is 2.44 bits per heavy atom. The quantitative estimate of drug-likeness (QED) is 0.933. The van der Waals surface area contributed by atoms with E-state index in [1.54, 1.807) is 4.68 Å². The molecule has 2 aromatic rings. The van der Waals surface area contributed by atoms with Crippen molar-refractivity contribution in [3.05, 3.63) is 33.3 Å². The Labute approximate surface area is 115 Å². The molecule has 0 saturated heterocycles. The molecule has 0 aliphatic carbocycles. The molecule has 0 radical (unpaired) electrons. The van der Waals surface area contributed by atoms with Gasteiger partial charge in [-0.25, -0.2) is 0 Å². The van der Waals surface area contributed by atoms with E-state index in [1.807, 2.05) is 36.3 Å². The molecular formula is C12H16N4S2. The number of fused-ring (bicyclic) bond motifs is 1. The predicted molar refractivity (Wildman–Crippen MR) is 75.8 cm³/mol. The minimum atomic E-state index is 0.0438. The van der Waals surface area contributed by atoms with E-state index in [1.165, 1.54) is 27.5 Å². The van der Waals surface area contributed by atoms with Crippen LogP contribution in [0, 0.1) is 0 Å². The first-order chi connectivity index (χ1) is 8.72. The lowest BCUT2D eigenvalue weighted by Gasteiger charge is -2.08. The highest BCUT2D eigenvalue weighted by molar-refractivity contribution is 7.98. The second kappa shape index (κ2) is 5.03. The number of thioether (sulfide) groups is 1. The number of thiophene rings is 1. The molecule has 96 valence electrons. The molecule has 2 aromatic heterocycles. The van der Waals surface area contributed by atoms with Crippen molar-refractivity contribution >= 4 is 23.1 Å². The van der Waals surface area contributed by atoms with E-state index in [2.05, 4.69) is 16.4 Å². The van der Waals surface area contributed by atoms with Gasteiger partial charge in [0, 0.05) is 41.2 Å². The minimum Gasteiger partial charge on any atom is -0.323 e. The van der Waals surface area contributed by atoms with Gasteiger partial charge >= 0.3 is 0 Å². The topological polar surface area (TPSA) is 56.7 Å². The van der Waals surface area contributed by atoms with Gasteiger partial charge in [-0.2, -0.15) is 11.8 Å². The fraction of sp³-hybridized carbons (Fsp3) is 0.500. The standard InChI is InChI=1S/C12H16N4S2/c1-16-6-9(14-15-16)5-10(13)12-4-8-7-17-3-2-11(8)18-12/h4,6,10H,2-3,5,7,13H2,1H3. The molecule has 0 fully saturated rings. The van der Waals surface area contributed by atoms with Gasteiger partial charge in [0.05, 0.1) is 5.69 Å². The smallest absolute Gasteiger partial charge is 0.0846 e. The zero-order chi connectivity index (χ0) is 12.5. The van der Waals surface area contributed by atoms with E-state index in [4.69, 9.17) is 5.73 Å². The molecule has 18 heavy (non-hydrogen) atoms. The van der Waals surface area contributed by atoms with Crippen LogP contribution < -0.4 is 5.73 Å². The number of nitrogens with two attached hydrogens (primary N) is 1. The van der Waals surface area contributed by atoms with Crippen molar-refractivity contribution < 1.29 is 0 Å². The summed E-state index contributed by atoms with van der Waals surface area (Å²) in [5.74, 6) is 2.38. The van der Waals surface area contributed by atoms with Crippen LogP contribution in [0.3, 0.4) is 0 Å². The first kappa shape index (κ1) is 12.2. The summed E-state index contributed by atoms with van der Waals surface area (Å²) in [7, 11) is 1.88. The monoisotopic (exact) mass is 280 g/mol. The molecular weight excluding hydrogens is 264 g/mol. The van der Waals surface area contributed by atoms with Crippen molar-refractivity contribution in [1.82, 2.24) is 15.0 Å². The summed E-state index contributed by atoms with van der Waals surface area (Å²) in [5.41, 5.74) is 8.73. The summed E-state index contributed by atoms with van der Waals surface area (Å²) >= 11 is 3.89. The summed E-state index contributed by atoms with van der Waals surface area (Å²) in [6, 6.07) is 2.33. The van der Waals surface area contributed by atoms with Crippen molar-refractivity contribution in [2.75, 3.05) is 5.75 Å². The number of aryl methyl sites for hydroxylation is 2. The lowest BCUT2D eigenvalue weighted by molar-refractivity contribution is 0.700. The van der Waals surface area contributed by atoms with Gasteiger partial charge in [0.15, 0.2) is 0 Å². The molecule has 0 saturated carbocycles. The molecule has 1 atom stereocenters. The first-order valence-electron chi connectivity index (χ1n) is 6.02. The average molecular weight is 280 g/mol. The van der Waals surface area contributed by atoms with Crippen molar-refractivity contribution in [2.24, 2.45) is 12.8 Å². The number of aromatic nitrogens is 3. The average Bonchev–Trinajstić information content (AvgIpc) is 2.95. The van der Waals surface area contributed by atoms with E-state index < -0.39 is 0 Å². The van der Waals surface area contributed by atoms with Crippen molar-refractivity contribution in [1.29, 1.82) is 0 Å². The van der Waals surface area contributed by atoms with E-state index >= 15 is 0 Å². The van der Waals surface area contributed by atoms with E-state index in [0.717, 1.165) is 17.9 Å². The Bertz CT molecular complexity index is 523. The normalized spacial score (nSPS) is 16.6. The molecule has 1 aliphatic rings. The third-order valence-electron chi connectivity index (χ3n) is 3.09. The van der Waals surface area contributed by atoms with Crippen LogP contribution in [0.2, 0.25) is 0 Å². The second-order valence-electron chi connectivity index (χ2n) is 4.59. The van der Waals surface area contributed by atoms with E-state index in [-0.39, 0.29) is 6.04 Å². The summed E-state index contributed by atoms with van der Waals surface area (Å²) in [5, 5.41) is 8.04. The maximum Gasteiger partial charge on any atom is 0.0846 e. The van der Waals surface area contributed by atoms with Crippen LogP contribution in [-0.4, -0.2) is 20.7 Å². The van der Waals surface area contributed by atoms with Gasteiger partial charge in [-0.1, -0.05) is 5.21 Å². The summed E-state index contributed by atoms with van der Waals surface area (Å²) < 4.78 is 1.72. The predicted octanol–water partition coefficient (Wildman–Crippen LogP) is 1.91. The van der Waals surface area contributed by atoms with Gasteiger partial charge in [-0.05, 0) is 23.8 Å². The molecule has 2 N–H and O–H groups in total. The molecule has 1 unspecified atom stereocenters. The largest absolute Gasteiger partial charge is 0.323 e. The van der Waals surface area contributed by atoms with Gasteiger partial charge in [0.1, 0.15) is 0 Å². The van der Waals surface area contributed by atoms with Gasteiger partial charge < -0.3 is 5.73 Å². The second-order valence-corrected chi connectivity index (χ2v) is 6.87. The van der Waals surface area contributed by atoms with Gasteiger partial charge in [0.2, 0.25) is 0 Å². The maximum atomic E-state index is 6.27. The highest BCUT2D eigenvalue weighted by Crippen LogP contribution is 2.34. The van der Waals surface area contributed by atoms with Crippen LogP contribution in [0.1, 0.15) is 27.1 Å². The van der Waals surface area contributed by atoms with E-state index in [0.29, 0.717) is 0 Å². The van der Waals surface area contributed by atoms with Crippen molar-refractivity contribution in [3.8, 4) is 0 Å². The fourth-order valence-corrected chi connectivity index (χ4v) is 4.55. The zero-order valence-corrected chi connectivity index (χ0v) is 11.9. The van der Waals surface area contributed by atoms with Gasteiger partial charge in [-0.3, -0.25) is 4.68 Å². The van der Waals surface area contributed by atoms with Crippen molar-refractivity contribution in [3.63, 3.8) is 0 Å². The summed E-state index contributed by atoms with van der Waals surface area (Å²) in [4.78, 5) is 2.81. The molecule has 6 heteroatoms. The first-order valence-corrected chi connectivity index (χ1v) is 7.99. The Morgan fingerprint density at radius 1 is 1.56 bits per heavy atom. The van der Waals surface area contributed by atoms with Crippen LogP contribution in [0.5, 0.6) is 0 Å². The number of rotatable bonds is 3. The third kappa shape index (κ3) is 2.46. The molecule has 3 heterocycles. The maximum absolute atomic E-state index is 6.27. The van der Waals surface area contributed by atoms with Crippen molar-refractivity contribution in [2.45, 2.75) is 24.6 Å². The van der Waals surface area contributed by atoms with Crippen LogP contribution >= 0.6 is 23.1 Å². The molecule has 4 nitrogen and oxygen atoms in total. The Hall–Kier alpha value is -0.850. The molecule has 0 bridgehead atoms. The van der Waals surface area contributed by atoms with Crippen LogP contribution in [-0.2, 0) is 25.6 Å². The zero-order valence-electron chi connectivity index (χ0n) is 10.3. The van der Waals surface area contributed by atoms with Gasteiger partial charge in [0.25, 0.3) is 0 Å². The Kier molecular flexibility index (Phi) is 3.41. The summed E-state index contributed by atoms with van der Waals surface area (Å²) in [6.07, 6.45) is 3.89. The molecule has 0 amide bonds. The Balaban J connectivity index is 1.75. The summed E-state index contributed by atoms with van der Waals surface area (Å²) in [6.45, 7) is 0. The molecule has 1 aliphatic heterocycles. The minimum absolute atomic E-state index is 0.0438. The molecule has 0 aromatic carbocycles. The van der Waals surface area contributed by atoms with Crippen LogP contribution in [0.4, 0.5) is 0 Å². The highest BCUT2D eigenvalue weighted by Gasteiger charge is 2.18. The lowest BCUT2D eigenvalue weighted by atomic mass is 10.1. The molecule has 3 rings (SSSR count). The number of hydrogen-bond acceptors (Lipinski definition) is 5.